The number of unbranched alkanes of at least 4 members (excludes halogenated alkanes) is 3. The van der Waals surface area contributed by atoms with Gasteiger partial charge in [0.25, 0.3) is 11.6 Å². The van der Waals surface area contributed by atoms with Crippen molar-refractivity contribution in [2.75, 3.05) is 6.54 Å². The number of aryl methyl sites for hydroxylation is 3. The molecule has 7 nitrogen and oxygen atoms in total. The molecular weight excluding hydrogens is 330 g/mol. The molecule has 0 saturated carbocycles. The van der Waals surface area contributed by atoms with Crippen LogP contribution >= 0.6 is 0 Å². The van der Waals surface area contributed by atoms with Crippen LogP contribution in [0, 0.1) is 13.8 Å². The summed E-state index contributed by atoms with van der Waals surface area (Å²) in [6.45, 7) is 6.57. The maximum atomic E-state index is 12.8. The van der Waals surface area contributed by atoms with Gasteiger partial charge < -0.3 is 9.84 Å². The summed E-state index contributed by atoms with van der Waals surface area (Å²) >= 11 is 0. The standard InChI is InChI=1S/C19H25N5O2/c1-5-6-7-8-9-20-18(25)14-10-16(15-11-24(4)22-12(15)2)21-19-17(14)13(3)23-26-19/h10-11H,5-9H2,1-4H3,(H,20,25). The Hall–Kier alpha value is -2.70. The molecule has 1 N–H and O–H groups in total. The summed E-state index contributed by atoms with van der Waals surface area (Å²) in [5.74, 6) is -0.122. The zero-order valence-electron chi connectivity index (χ0n) is 15.8. The van der Waals surface area contributed by atoms with Gasteiger partial charge in [0.2, 0.25) is 0 Å². The van der Waals surface area contributed by atoms with E-state index in [9.17, 15) is 4.79 Å². The molecule has 0 atom stereocenters. The lowest BCUT2D eigenvalue weighted by Gasteiger charge is -2.08. The molecule has 0 saturated heterocycles. The fraction of sp³-hybridized carbons (Fsp3) is 0.474. The van der Waals surface area contributed by atoms with Crippen molar-refractivity contribution >= 4 is 17.0 Å². The van der Waals surface area contributed by atoms with Crippen molar-refractivity contribution in [3.8, 4) is 11.3 Å². The van der Waals surface area contributed by atoms with E-state index in [4.69, 9.17) is 4.52 Å². The monoisotopic (exact) mass is 355 g/mol. The van der Waals surface area contributed by atoms with Crippen LogP contribution in [0.15, 0.2) is 16.8 Å². The number of nitrogens with one attached hydrogen (secondary N) is 1. The highest BCUT2D eigenvalue weighted by Crippen LogP contribution is 2.28. The van der Waals surface area contributed by atoms with E-state index in [0.717, 1.165) is 24.1 Å². The van der Waals surface area contributed by atoms with Gasteiger partial charge in [0.05, 0.1) is 28.0 Å². The molecule has 0 aliphatic carbocycles. The number of aromatic nitrogens is 4. The second kappa shape index (κ2) is 7.68. The minimum atomic E-state index is -0.122. The minimum Gasteiger partial charge on any atom is -0.352 e. The normalized spacial score (nSPS) is 11.2. The van der Waals surface area contributed by atoms with Crippen LogP contribution in [0.2, 0.25) is 0 Å². The van der Waals surface area contributed by atoms with Gasteiger partial charge in [-0.1, -0.05) is 31.3 Å². The summed E-state index contributed by atoms with van der Waals surface area (Å²) in [6, 6.07) is 1.80. The summed E-state index contributed by atoms with van der Waals surface area (Å²) in [7, 11) is 1.86. The SMILES string of the molecule is CCCCCCNC(=O)c1cc(-c2cn(C)nc2C)nc2onc(C)c12. The summed E-state index contributed by atoms with van der Waals surface area (Å²) in [6.07, 6.45) is 6.34. The number of rotatable bonds is 7. The van der Waals surface area contributed by atoms with Crippen molar-refractivity contribution in [1.29, 1.82) is 0 Å². The highest BCUT2D eigenvalue weighted by molar-refractivity contribution is 6.07. The second-order valence-corrected chi connectivity index (χ2v) is 6.62. The lowest BCUT2D eigenvalue weighted by atomic mass is 10.1. The van der Waals surface area contributed by atoms with Crippen LogP contribution in [0.1, 0.15) is 54.4 Å². The molecule has 0 radical (unpaired) electrons. The number of amides is 1. The van der Waals surface area contributed by atoms with Crippen LogP contribution in [-0.2, 0) is 7.05 Å². The molecule has 1 amide bonds. The Morgan fingerprint density at radius 2 is 2.04 bits per heavy atom. The molecule has 0 spiro atoms. The molecule has 0 bridgehead atoms. The first-order valence-corrected chi connectivity index (χ1v) is 9.07. The van der Waals surface area contributed by atoms with Gasteiger partial charge in [-0.15, -0.1) is 0 Å². The summed E-state index contributed by atoms with van der Waals surface area (Å²) in [5.41, 5.74) is 3.97. The van der Waals surface area contributed by atoms with Crippen LogP contribution in [0.4, 0.5) is 0 Å². The van der Waals surface area contributed by atoms with E-state index in [1.165, 1.54) is 12.8 Å². The fourth-order valence-electron chi connectivity index (χ4n) is 3.11. The maximum Gasteiger partial charge on any atom is 0.259 e. The number of hydrogen-bond acceptors (Lipinski definition) is 5. The Kier molecular flexibility index (Phi) is 5.35. The molecule has 138 valence electrons. The topological polar surface area (TPSA) is 85.8 Å². The molecule has 3 rings (SSSR count). The third-order valence-electron chi connectivity index (χ3n) is 4.47. The van der Waals surface area contributed by atoms with Crippen molar-refractivity contribution < 1.29 is 9.32 Å². The lowest BCUT2D eigenvalue weighted by Crippen LogP contribution is -2.25. The highest BCUT2D eigenvalue weighted by atomic mass is 16.5. The predicted molar refractivity (Wildman–Crippen MR) is 100.0 cm³/mol. The maximum absolute atomic E-state index is 12.8. The van der Waals surface area contributed by atoms with E-state index < -0.39 is 0 Å². The van der Waals surface area contributed by atoms with Crippen molar-refractivity contribution in [3.63, 3.8) is 0 Å². The van der Waals surface area contributed by atoms with Crippen molar-refractivity contribution in [3.05, 3.63) is 29.2 Å². The Bertz CT molecular complexity index is 926. The first-order chi connectivity index (χ1) is 12.5. The number of fused-ring (bicyclic) bond motifs is 1. The Morgan fingerprint density at radius 1 is 1.23 bits per heavy atom. The number of pyridine rings is 1. The van der Waals surface area contributed by atoms with Gasteiger partial charge in [-0.2, -0.15) is 5.10 Å². The number of nitrogens with zero attached hydrogens (tertiary/aromatic N) is 4. The van der Waals surface area contributed by atoms with Crippen molar-refractivity contribution in [1.82, 2.24) is 25.2 Å². The zero-order valence-corrected chi connectivity index (χ0v) is 15.8. The fourth-order valence-corrected chi connectivity index (χ4v) is 3.11. The van der Waals surface area contributed by atoms with E-state index in [2.05, 4.69) is 27.5 Å². The van der Waals surface area contributed by atoms with Gasteiger partial charge in [0.1, 0.15) is 0 Å². The quantitative estimate of drug-likeness (QED) is 0.655. The zero-order chi connectivity index (χ0) is 18.7. The first-order valence-electron chi connectivity index (χ1n) is 9.07. The average Bonchev–Trinajstić information content (AvgIpc) is 3.15. The molecule has 0 unspecified atom stereocenters. The largest absolute Gasteiger partial charge is 0.352 e. The van der Waals surface area contributed by atoms with Gasteiger partial charge in [-0.25, -0.2) is 4.98 Å². The Labute approximate surface area is 152 Å². The molecule has 3 aromatic heterocycles. The molecule has 3 heterocycles. The van der Waals surface area contributed by atoms with E-state index in [0.29, 0.717) is 34.6 Å². The summed E-state index contributed by atoms with van der Waals surface area (Å²) in [4.78, 5) is 17.3. The minimum absolute atomic E-state index is 0.122. The van der Waals surface area contributed by atoms with Gasteiger partial charge in [0.15, 0.2) is 0 Å². The third-order valence-corrected chi connectivity index (χ3v) is 4.47. The highest BCUT2D eigenvalue weighted by Gasteiger charge is 2.20. The number of carbonyl (C=O) groups excluding carboxylic acids is 1. The van der Waals surface area contributed by atoms with E-state index in [-0.39, 0.29) is 5.91 Å². The number of carbonyl (C=O) groups is 1. The first kappa shape index (κ1) is 18.1. The summed E-state index contributed by atoms with van der Waals surface area (Å²) < 4.78 is 7.07. The Balaban J connectivity index is 1.93. The van der Waals surface area contributed by atoms with Crippen molar-refractivity contribution in [2.24, 2.45) is 7.05 Å². The average molecular weight is 355 g/mol. The summed E-state index contributed by atoms with van der Waals surface area (Å²) in [5, 5.41) is 12.0. The van der Waals surface area contributed by atoms with Gasteiger partial charge in [-0.3, -0.25) is 9.48 Å². The molecule has 26 heavy (non-hydrogen) atoms. The van der Waals surface area contributed by atoms with Crippen LogP contribution in [0.5, 0.6) is 0 Å². The smallest absolute Gasteiger partial charge is 0.259 e. The van der Waals surface area contributed by atoms with Gasteiger partial charge in [-0.05, 0) is 26.3 Å². The molecule has 0 fully saturated rings. The van der Waals surface area contributed by atoms with E-state index >= 15 is 0 Å². The lowest BCUT2D eigenvalue weighted by molar-refractivity contribution is 0.0954. The van der Waals surface area contributed by atoms with Crippen LogP contribution < -0.4 is 5.32 Å². The van der Waals surface area contributed by atoms with Crippen molar-refractivity contribution in [2.45, 2.75) is 46.5 Å². The molecule has 0 aliphatic heterocycles. The van der Waals surface area contributed by atoms with Gasteiger partial charge >= 0.3 is 0 Å². The molecule has 0 aromatic carbocycles. The van der Waals surface area contributed by atoms with E-state index in [1.807, 2.05) is 27.1 Å². The number of hydrogen-bond donors (Lipinski definition) is 1. The third kappa shape index (κ3) is 3.61. The van der Waals surface area contributed by atoms with Crippen LogP contribution in [-0.4, -0.2) is 32.4 Å². The Morgan fingerprint density at radius 3 is 2.73 bits per heavy atom. The molecule has 0 aliphatic rings. The predicted octanol–water partition coefficient (Wildman–Crippen LogP) is 3.55. The molecule has 3 aromatic rings. The van der Waals surface area contributed by atoms with Gasteiger partial charge in [0, 0.05) is 25.4 Å². The molecular formula is C19H25N5O2. The second-order valence-electron chi connectivity index (χ2n) is 6.62. The van der Waals surface area contributed by atoms with E-state index in [1.54, 1.807) is 10.7 Å². The van der Waals surface area contributed by atoms with Crippen LogP contribution in [0.3, 0.4) is 0 Å². The molecule has 7 heteroatoms. The van der Waals surface area contributed by atoms with Crippen LogP contribution in [0.25, 0.3) is 22.4 Å².